The Morgan fingerprint density at radius 1 is 1.36 bits per heavy atom. The van der Waals surface area contributed by atoms with E-state index in [1.165, 1.54) is 20.2 Å². The molecule has 1 aromatic heterocycles. The van der Waals surface area contributed by atoms with E-state index >= 15 is 0 Å². The number of pyridine rings is 1. The Balaban J connectivity index is 1.70. The maximum atomic E-state index is 12.4. The van der Waals surface area contributed by atoms with Crippen LogP contribution in [0.3, 0.4) is 0 Å². The lowest BCUT2D eigenvalue weighted by molar-refractivity contribution is -0.123. The largest absolute Gasteiger partial charge is 0.481 e. The number of carbonyl (C=O) groups is 2. The second kappa shape index (κ2) is 5.92. The molecule has 1 aliphatic heterocycles. The zero-order valence-corrected chi connectivity index (χ0v) is 12.5. The number of aromatic nitrogens is 1. The van der Waals surface area contributed by atoms with Crippen molar-refractivity contribution in [1.29, 1.82) is 0 Å². The van der Waals surface area contributed by atoms with Gasteiger partial charge in [-0.05, 0) is 12.5 Å². The fourth-order valence-corrected chi connectivity index (χ4v) is 3.21. The molecular formula is C15H19N3O4. The van der Waals surface area contributed by atoms with E-state index in [-0.39, 0.29) is 35.9 Å². The molecule has 7 nitrogen and oxygen atoms in total. The second-order valence-corrected chi connectivity index (χ2v) is 5.60. The highest BCUT2D eigenvalue weighted by molar-refractivity contribution is 5.94. The molecule has 2 heterocycles. The predicted molar refractivity (Wildman–Crippen MR) is 77.5 cm³/mol. The van der Waals surface area contributed by atoms with Crippen molar-refractivity contribution in [3.8, 4) is 5.88 Å². The Kier molecular flexibility index (Phi) is 3.98. The maximum absolute atomic E-state index is 12.4. The Morgan fingerprint density at radius 2 is 2.18 bits per heavy atom. The van der Waals surface area contributed by atoms with Crippen molar-refractivity contribution >= 4 is 11.8 Å². The zero-order chi connectivity index (χ0) is 15.7. The lowest BCUT2D eigenvalue weighted by Crippen LogP contribution is -2.70. The average molecular weight is 305 g/mol. The van der Waals surface area contributed by atoms with Gasteiger partial charge in [-0.25, -0.2) is 4.98 Å². The predicted octanol–water partition coefficient (Wildman–Crippen LogP) is 0.112. The third-order valence-corrected chi connectivity index (χ3v) is 4.26. The first-order chi connectivity index (χ1) is 10.6. The van der Waals surface area contributed by atoms with Gasteiger partial charge in [0.1, 0.15) is 0 Å². The number of nitrogens with zero attached hydrogens (tertiary/aromatic N) is 1. The van der Waals surface area contributed by atoms with Gasteiger partial charge >= 0.3 is 0 Å². The molecule has 0 unspecified atom stereocenters. The Hall–Kier alpha value is -2.15. The van der Waals surface area contributed by atoms with Crippen LogP contribution in [0.25, 0.3) is 0 Å². The molecule has 0 spiro atoms. The third-order valence-electron chi connectivity index (χ3n) is 4.26. The van der Waals surface area contributed by atoms with Gasteiger partial charge in [-0.3, -0.25) is 9.59 Å². The summed E-state index contributed by atoms with van der Waals surface area (Å²) in [5.41, 5.74) is 0.482. The molecule has 4 atom stereocenters. The number of rotatable bonds is 4. The van der Waals surface area contributed by atoms with Gasteiger partial charge in [-0.1, -0.05) is 0 Å². The van der Waals surface area contributed by atoms with E-state index in [1.807, 2.05) is 0 Å². The second-order valence-electron chi connectivity index (χ2n) is 5.60. The quantitative estimate of drug-likeness (QED) is 0.824. The van der Waals surface area contributed by atoms with Crippen LogP contribution in [0.1, 0.15) is 23.7 Å². The SMILES string of the molecule is COc1cc(C(=O)N[C@@H]2[C@@H]3CCO[C@@H]3[C@H]2NC(C)=O)ccn1. The number of carbonyl (C=O) groups excluding carboxylic acids is 2. The average Bonchev–Trinajstić information content (AvgIpc) is 2.94. The Morgan fingerprint density at radius 3 is 2.91 bits per heavy atom. The van der Waals surface area contributed by atoms with Crippen LogP contribution in [-0.2, 0) is 9.53 Å². The lowest BCUT2D eigenvalue weighted by Gasteiger charge is -2.47. The van der Waals surface area contributed by atoms with Crippen LogP contribution in [0.15, 0.2) is 18.3 Å². The molecule has 2 N–H and O–H groups in total. The smallest absolute Gasteiger partial charge is 0.251 e. The van der Waals surface area contributed by atoms with E-state index in [0.717, 1.165) is 6.42 Å². The zero-order valence-electron chi connectivity index (χ0n) is 12.5. The van der Waals surface area contributed by atoms with E-state index in [1.54, 1.807) is 12.1 Å². The molecular weight excluding hydrogens is 286 g/mol. The normalized spacial score (nSPS) is 29.2. The lowest BCUT2D eigenvalue weighted by atomic mass is 9.71. The van der Waals surface area contributed by atoms with Crippen LogP contribution >= 0.6 is 0 Å². The van der Waals surface area contributed by atoms with Gasteiger partial charge in [-0.15, -0.1) is 0 Å². The summed E-state index contributed by atoms with van der Waals surface area (Å²) in [5.74, 6) is 0.321. The summed E-state index contributed by atoms with van der Waals surface area (Å²) in [5, 5.41) is 5.86. The maximum Gasteiger partial charge on any atom is 0.251 e. The number of hydrogen-bond acceptors (Lipinski definition) is 5. The van der Waals surface area contributed by atoms with E-state index < -0.39 is 0 Å². The highest BCUT2D eigenvalue weighted by atomic mass is 16.5. The molecule has 2 fully saturated rings. The van der Waals surface area contributed by atoms with E-state index in [0.29, 0.717) is 18.1 Å². The van der Waals surface area contributed by atoms with Gasteiger partial charge < -0.3 is 20.1 Å². The summed E-state index contributed by atoms with van der Waals surface area (Å²) in [7, 11) is 1.50. The van der Waals surface area contributed by atoms with Crippen molar-refractivity contribution in [2.24, 2.45) is 5.92 Å². The molecule has 0 radical (unpaired) electrons. The number of methoxy groups -OCH3 is 1. The molecule has 1 aromatic rings. The summed E-state index contributed by atoms with van der Waals surface area (Å²) in [6.45, 7) is 2.13. The third kappa shape index (κ3) is 2.64. The molecule has 2 aliphatic rings. The number of amides is 2. The topological polar surface area (TPSA) is 89.5 Å². The number of fused-ring (bicyclic) bond motifs is 1. The van der Waals surface area contributed by atoms with Crippen LogP contribution in [0.2, 0.25) is 0 Å². The molecule has 2 amide bonds. The minimum absolute atomic E-state index is 0.00109. The molecule has 1 aliphatic carbocycles. The van der Waals surface area contributed by atoms with E-state index in [9.17, 15) is 9.59 Å². The van der Waals surface area contributed by atoms with Gasteiger partial charge in [0.15, 0.2) is 0 Å². The molecule has 3 rings (SSSR count). The van der Waals surface area contributed by atoms with Crippen molar-refractivity contribution in [3.05, 3.63) is 23.9 Å². The summed E-state index contributed by atoms with van der Waals surface area (Å²) < 4.78 is 10.6. The molecule has 0 aromatic carbocycles. The van der Waals surface area contributed by atoms with Gasteiger partial charge in [0.05, 0.1) is 25.3 Å². The molecule has 118 valence electrons. The first-order valence-electron chi connectivity index (χ1n) is 7.30. The number of hydrogen-bond donors (Lipinski definition) is 2. The van der Waals surface area contributed by atoms with Gasteiger partial charge in [-0.2, -0.15) is 0 Å². The van der Waals surface area contributed by atoms with Crippen molar-refractivity contribution in [3.63, 3.8) is 0 Å². The highest BCUT2D eigenvalue weighted by Gasteiger charge is 2.54. The van der Waals surface area contributed by atoms with E-state index in [4.69, 9.17) is 9.47 Å². The minimum Gasteiger partial charge on any atom is -0.481 e. The molecule has 7 heteroatoms. The fourth-order valence-electron chi connectivity index (χ4n) is 3.21. The van der Waals surface area contributed by atoms with Gasteiger partial charge in [0.25, 0.3) is 5.91 Å². The summed E-state index contributed by atoms with van der Waals surface area (Å²) in [6.07, 6.45) is 2.42. The first kappa shape index (κ1) is 14.8. The number of ether oxygens (including phenoxy) is 2. The van der Waals surface area contributed by atoms with Crippen LogP contribution in [0.5, 0.6) is 5.88 Å². The van der Waals surface area contributed by atoms with Crippen LogP contribution in [-0.4, -0.2) is 48.7 Å². The standard InChI is InChI=1S/C15H19N3O4/c1-8(19)17-13-12(10-4-6-22-14(10)13)18-15(20)9-3-5-16-11(7-9)21-2/h3,5,7,10,12-14H,4,6H2,1-2H3,(H,17,19)(H,18,20)/t10-,12+,13-,14-/m0/s1. The molecule has 0 bridgehead atoms. The first-order valence-corrected chi connectivity index (χ1v) is 7.30. The Labute approximate surface area is 128 Å². The molecule has 1 saturated heterocycles. The van der Waals surface area contributed by atoms with Crippen LogP contribution in [0, 0.1) is 5.92 Å². The number of nitrogens with one attached hydrogen (secondary N) is 2. The summed E-state index contributed by atoms with van der Waals surface area (Å²) in [4.78, 5) is 27.7. The monoisotopic (exact) mass is 305 g/mol. The summed E-state index contributed by atoms with van der Waals surface area (Å²) in [6, 6.07) is 2.94. The van der Waals surface area contributed by atoms with Crippen molar-refractivity contribution in [2.75, 3.05) is 13.7 Å². The fraction of sp³-hybridized carbons (Fsp3) is 0.533. The highest BCUT2D eigenvalue weighted by Crippen LogP contribution is 2.39. The molecule has 22 heavy (non-hydrogen) atoms. The van der Waals surface area contributed by atoms with Gasteiger partial charge in [0.2, 0.25) is 11.8 Å². The minimum atomic E-state index is -0.202. The summed E-state index contributed by atoms with van der Waals surface area (Å²) >= 11 is 0. The van der Waals surface area contributed by atoms with Crippen molar-refractivity contribution in [2.45, 2.75) is 31.5 Å². The van der Waals surface area contributed by atoms with Crippen molar-refractivity contribution < 1.29 is 19.1 Å². The van der Waals surface area contributed by atoms with Crippen LogP contribution < -0.4 is 15.4 Å². The van der Waals surface area contributed by atoms with E-state index in [2.05, 4.69) is 15.6 Å². The van der Waals surface area contributed by atoms with Crippen LogP contribution in [0.4, 0.5) is 0 Å². The Bertz CT molecular complexity index is 592. The van der Waals surface area contributed by atoms with Gasteiger partial charge in [0, 0.05) is 37.3 Å². The van der Waals surface area contributed by atoms with Crippen molar-refractivity contribution in [1.82, 2.24) is 15.6 Å². The molecule has 1 saturated carbocycles.